The number of aliphatic hydroxyl groups is 1. The summed E-state index contributed by atoms with van der Waals surface area (Å²) in [4.78, 5) is 14.7. The van der Waals surface area contributed by atoms with Crippen LogP contribution in [-0.2, 0) is 4.79 Å². The SMILES string of the molecule is NC(C(=O)O)C(O)c1cnc2ccccn12. The number of aliphatic hydroxyl groups excluding tert-OH is 1. The number of fused-ring (bicyclic) bond motifs is 1. The highest BCUT2D eigenvalue weighted by Gasteiger charge is 2.25. The lowest BCUT2D eigenvalue weighted by Gasteiger charge is -2.14. The third-order valence-electron chi connectivity index (χ3n) is 2.37. The minimum absolute atomic E-state index is 0.366. The molecule has 2 heterocycles. The average molecular weight is 221 g/mol. The number of aromatic nitrogens is 2. The van der Waals surface area contributed by atoms with Crippen LogP contribution in [0.25, 0.3) is 5.65 Å². The van der Waals surface area contributed by atoms with Gasteiger partial charge in [-0.1, -0.05) is 6.07 Å². The van der Waals surface area contributed by atoms with Gasteiger partial charge in [-0.05, 0) is 12.1 Å². The minimum atomic E-state index is -1.36. The Hall–Kier alpha value is -1.92. The number of nitrogens with two attached hydrogens (primary N) is 1. The van der Waals surface area contributed by atoms with Crippen molar-refractivity contribution in [3.63, 3.8) is 0 Å². The summed E-state index contributed by atoms with van der Waals surface area (Å²) >= 11 is 0. The number of carbonyl (C=O) groups is 1. The molecule has 2 atom stereocenters. The Morgan fingerprint density at radius 3 is 2.94 bits per heavy atom. The quantitative estimate of drug-likeness (QED) is 0.665. The first-order chi connectivity index (χ1) is 7.61. The van der Waals surface area contributed by atoms with Gasteiger partial charge in [-0.15, -0.1) is 0 Å². The largest absolute Gasteiger partial charge is 0.480 e. The fraction of sp³-hybridized carbons (Fsp3) is 0.200. The molecule has 0 aliphatic heterocycles. The minimum Gasteiger partial charge on any atom is -0.480 e. The first-order valence-corrected chi connectivity index (χ1v) is 4.69. The Balaban J connectivity index is 2.44. The van der Waals surface area contributed by atoms with Crippen molar-refractivity contribution in [2.75, 3.05) is 0 Å². The molecule has 6 heteroatoms. The Kier molecular flexibility index (Phi) is 2.59. The number of hydrogen-bond acceptors (Lipinski definition) is 4. The van der Waals surface area contributed by atoms with Gasteiger partial charge in [-0.2, -0.15) is 0 Å². The highest BCUT2D eigenvalue weighted by molar-refractivity contribution is 5.74. The van der Waals surface area contributed by atoms with Gasteiger partial charge in [0.15, 0.2) is 0 Å². The highest BCUT2D eigenvalue weighted by atomic mass is 16.4. The van der Waals surface area contributed by atoms with Gasteiger partial charge < -0.3 is 20.3 Å². The summed E-state index contributed by atoms with van der Waals surface area (Å²) in [6.45, 7) is 0. The zero-order valence-electron chi connectivity index (χ0n) is 8.32. The molecule has 0 radical (unpaired) electrons. The molecule has 4 N–H and O–H groups in total. The van der Waals surface area contributed by atoms with E-state index in [1.54, 1.807) is 28.8 Å². The van der Waals surface area contributed by atoms with Crippen molar-refractivity contribution >= 4 is 11.6 Å². The van der Waals surface area contributed by atoms with E-state index >= 15 is 0 Å². The third-order valence-corrected chi connectivity index (χ3v) is 2.37. The summed E-state index contributed by atoms with van der Waals surface area (Å²) in [5, 5.41) is 18.5. The molecule has 2 unspecified atom stereocenters. The van der Waals surface area contributed by atoms with Crippen LogP contribution in [-0.4, -0.2) is 31.6 Å². The van der Waals surface area contributed by atoms with Gasteiger partial charge in [0.05, 0.1) is 11.9 Å². The molecule has 2 rings (SSSR count). The maximum atomic E-state index is 10.7. The molecule has 0 aliphatic rings. The van der Waals surface area contributed by atoms with E-state index in [1.807, 2.05) is 0 Å². The second kappa shape index (κ2) is 3.92. The zero-order chi connectivity index (χ0) is 11.7. The van der Waals surface area contributed by atoms with E-state index in [0.29, 0.717) is 11.3 Å². The molecule has 84 valence electrons. The van der Waals surface area contributed by atoms with Gasteiger partial charge in [0, 0.05) is 6.20 Å². The fourth-order valence-corrected chi connectivity index (χ4v) is 1.49. The number of carboxylic acids is 1. The maximum absolute atomic E-state index is 10.7. The molecule has 6 nitrogen and oxygen atoms in total. The zero-order valence-corrected chi connectivity index (χ0v) is 8.32. The second-order valence-corrected chi connectivity index (χ2v) is 3.42. The van der Waals surface area contributed by atoms with E-state index < -0.39 is 18.1 Å². The van der Waals surface area contributed by atoms with Crippen LogP contribution in [0.15, 0.2) is 30.6 Å². The van der Waals surface area contributed by atoms with E-state index in [9.17, 15) is 9.90 Å². The van der Waals surface area contributed by atoms with Crippen LogP contribution in [0.3, 0.4) is 0 Å². The first-order valence-electron chi connectivity index (χ1n) is 4.69. The van der Waals surface area contributed by atoms with Crippen molar-refractivity contribution < 1.29 is 15.0 Å². The predicted octanol–water partition coefficient (Wildman–Crippen LogP) is -0.220. The Morgan fingerprint density at radius 2 is 2.25 bits per heavy atom. The van der Waals surface area contributed by atoms with Crippen molar-refractivity contribution in [1.29, 1.82) is 0 Å². The summed E-state index contributed by atoms with van der Waals surface area (Å²) in [6.07, 6.45) is 1.83. The molecule has 0 spiro atoms. The molecular formula is C10H11N3O3. The van der Waals surface area contributed by atoms with Crippen molar-refractivity contribution in [3.05, 3.63) is 36.3 Å². The van der Waals surface area contributed by atoms with Gasteiger partial charge in [0.1, 0.15) is 17.8 Å². The molecule has 2 aromatic rings. The van der Waals surface area contributed by atoms with Crippen LogP contribution < -0.4 is 5.73 Å². The lowest BCUT2D eigenvalue weighted by atomic mass is 10.1. The molecule has 0 aliphatic carbocycles. The maximum Gasteiger partial charge on any atom is 0.323 e. The van der Waals surface area contributed by atoms with E-state index in [0.717, 1.165) is 0 Å². The van der Waals surface area contributed by atoms with Crippen molar-refractivity contribution in [3.8, 4) is 0 Å². The van der Waals surface area contributed by atoms with Gasteiger partial charge in [0.25, 0.3) is 0 Å². The predicted molar refractivity (Wildman–Crippen MR) is 55.8 cm³/mol. The summed E-state index contributed by atoms with van der Waals surface area (Å²) in [6, 6.07) is 3.95. The number of hydrogen-bond donors (Lipinski definition) is 3. The van der Waals surface area contributed by atoms with Crippen LogP contribution in [0.5, 0.6) is 0 Å². The highest BCUT2D eigenvalue weighted by Crippen LogP contribution is 2.17. The molecule has 2 aromatic heterocycles. The monoisotopic (exact) mass is 221 g/mol. The standard InChI is InChI=1S/C10H11N3O3/c11-8(10(15)16)9(14)6-5-12-7-3-1-2-4-13(6)7/h1-5,8-9,14H,11H2,(H,15,16). The Bertz CT molecular complexity index is 523. The van der Waals surface area contributed by atoms with Crippen LogP contribution in [0.2, 0.25) is 0 Å². The molecular weight excluding hydrogens is 210 g/mol. The van der Waals surface area contributed by atoms with Crippen LogP contribution in [0.4, 0.5) is 0 Å². The molecule has 0 saturated heterocycles. The Morgan fingerprint density at radius 1 is 1.50 bits per heavy atom. The molecule has 16 heavy (non-hydrogen) atoms. The second-order valence-electron chi connectivity index (χ2n) is 3.42. The molecule has 0 saturated carbocycles. The molecule has 0 fully saturated rings. The smallest absolute Gasteiger partial charge is 0.323 e. The first kappa shape index (κ1) is 10.6. The average Bonchev–Trinajstić information content (AvgIpc) is 2.70. The Labute approximate surface area is 91.0 Å². The number of carboxylic acid groups (broad SMARTS) is 1. The third kappa shape index (κ3) is 1.64. The molecule has 0 amide bonds. The molecule has 0 aromatic carbocycles. The number of nitrogens with zero attached hydrogens (tertiary/aromatic N) is 2. The van der Waals surface area contributed by atoms with Crippen LogP contribution in [0, 0.1) is 0 Å². The topological polar surface area (TPSA) is 101 Å². The summed E-state index contributed by atoms with van der Waals surface area (Å²) in [7, 11) is 0. The molecule has 0 bridgehead atoms. The number of aliphatic carboxylic acids is 1. The normalized spacial score (nSPS) is 14.9. The summed E-state index contributed by atoms with van der Waals surface area (Å²) < 4.78 is 1.60. The van der Waals surface area contributed by atoms with E-state index in [4.69, 9.17) is 10.8 Å². The summed E-state index contributed by atoms with van der Waals surface area (Å²) in [5.41, 5.74) is 6.35. The van der Waals surface area contributed by atoms with Crippen LogP contribution in [0.1, 0.15) is 11.8 Å². The van der Waals surface area contributed by atoms with Gasteiger partial charge >= 0.3 is 5.97 Å². The van der Waals surface area contributed by atoms with E-state index in [-0.39, 0.29) is 0 Å². The lowest BCUT2D eigenvalue weighted by molar-refractivity contribution is -0.141. The van der Waals surface area contributed by atoms with Crippen molar-refractivity contribution in [2.24, 2.45) is 5.73 Å². The van der Waals surface area contributed by atoms with Gasteiger partial charge in [-0.3, -0.25) is 4.79 Å². The van der Waals surface area contributed by atoms with Crippen LogP contribution >= 0.6 is 0 Å². The van der Waals surface area contributed by atoms with Crippen molar-refractivity contribution in [1.82, 2.24) is 9.38 Å². The van der Waals surface area contributed by atoms with Gasteiger partial charge in [0.2, 0.25) is 0 Å². The van der Waals surface area contributed by atoms with Gasteiger partial charge in [-0.25, -0.2) is 4.98 Å². The summed E-state index contributed by atoms with van der Waals surface area (Å²) in [5.74, 6) is -1.25. The lowest BCUT2D eigenvalue weighted by Crippen LogP contribution is -2.37. The van der Waals surface area contributed by atoms with E-state index in [1.165, 1.54) is 6.20 Å². The number of imidazole rings is 1. The fourth-order valence-electron chi connectivity index (χ4n) is 1.49. The number of pyridine rings is 1. The number of rotatable bonds is 3. The van der Waals surface area contributed by atoms with E-state index in [2.05, 4.69) is 4.98 Å². The van der Waals surface area contributed by atoms with Crippen molar-refractivity contribution in [2.45, 2.75) is 12.1 Å².